The number of carbonyl (C=O) groups excluding carboxylic acids is 2. The topological polar surface area (TPSA) is 147 Å². The van der Waals surface area contributed by atoms with E-state index in [9.17, 15) is 19.5 Å². The van der Waals surface area contributed by atoms with Crippen molar-refractivity contribution in [3.63, 3.8) is 0 Å². The van der Waals surface area contributed by atoms with E-state index in [2.05, 4.69) is 38.2 Å². The summed E-state index contributed by atoms with van der Waals surface area (Å²) in [5.41, 5.74) is 7.86. The molecule has 1 aromatic heterocycles. The Labute approximate surface area is 264 Å². The van der Waals surface area contributed by atoms with Crippen molar-refractivity contribution in [2.45, 2.75) is 76.0 Å². The molecule has 1 heterocycles. The summed E-state index contributed by atoms with van der Waals surface area (Å²) in [7, 11) is 0. The molecule has 2 aromatic carbocycles. The zero-order chi connectivity index (χ0) is 30.3. The molecule has 0 saturated heterocycles. The number of fused-ring (bicyclic) bond motifs is 1. The molecule has 4 bridgehead atoms. The van der Waals surface area contributed by atoms with Gasteiger partial charge in [0.1, 0.15) is 11.6 Å². The third-order valence-corrected chi connectivity index (χ3v) is 10.7. The fraction of sp³-hybridized carbons (Fsp3) is 0.485. The molecular weight excluding hydrogens is 659 g/mol. The van der Waals surface area contributed by atoms with Crippen LogP contribution < -0.4 is 16.4 Å². The van der Waals surface area contributed by atoms with E-state index in [4.69, 9.17) is 10.5 Å². The smallest absolute Gasteiger partial charge is 0.408 e. The molecule has 4 saturated carbocycles. The van der Waals surface area contributed by atoms with Crippen molar-refractivity contribution in [3.05, 3.63) is 63.4 Å². The van der Waals surface area contributed by atoms with E-state index < -0.39 is 29.6 Å². The van der Waals surface area contributed by atoms with Crippen LogP contribution in [0.25, 0.3) is 10.9 Å². The van der Waals surface area contributed by atoms with Gasteiger partial charge in [-0.25, -0.2) is 4.79 Å². The molecule has 7 rings (SSSR count). The molecule has 0 aliphatic heterocycles. The van der Waals surface area contributed by atoms with E-state index in [1.54, 1.807) is 13.0 Å². The van der Waals surface area contributed by atoms with E-state index in [1.165, 1.54) is 6.42 Å². The van der Waals surface area contributed by atoms with E-state index >= 15 is 0 Å². The summed E-state index contributed by atoms with van der Waals surface area (Å²) in [5.74, 6) is 0.786. The largest absolute Gasteiger partial charge is 0.481 e. The van der Waals surface area contributed by atoms with E-state index in [0.29, 0.717) is 23.9 Å². The maximum Gasteiger partial charge on any atom is 0.408 e. The molecule has 2 amide bonds. The normalized spacial score (nSPS) is 26.0. The van der Waals surface area contributed by atoms with Crippen LogP contribution in [-0.4, -0.2) is 45.7 Å². The third kappa shape index (κ3) is 6.49. The second-order valence-corrected chi connectivity index (χ2v) is 14.3. The van der Waals surface area contributed by atoms with Crippen molar-refractivity contribution >= 4 is 57.2 Å². The number of nitrogen functional groups attached to an aromatic ring is 1. The number of amides is 2. The summed E-state index contributed by atoms with van der Waals surface area (Å²) < 4.78 is 6.98. The highest BCUT2D eigenvalue weighted by atomic mass is 127. The predicted molar refractivity (Wildman–Crippen MR) is 172 cm³/mol. The Bertz CT molecular complexity index is 1510. The number of benzene rings is 2. The number of rotatable bonds is 10. The van der Waals surface area contributed by atoms with Gasteiger partial charge in [0, 0.05) is 38.8 Å². The summed E-state index contributed by atoms with van der Waals surface area (Å²) in [6, 6.07) is 12.6. The third-order valence-electron chi connectivity index (χ3n) is 9.78. The van der Waals surface area contributed by atoms with Crippen molar-refractivity contribution in [3.8, 4) is 0 Å². The van der Waals surface area contributed by atoms with Gasteiger partial charge in [-0.3, -0.25) is 9.59 Å². The van der Waals surface area contributed by atoms with Gasteiger partial charge < -0.3 is 31.2 Å². The van der Waals surface area contributed by atoms with Crippen LogP contribution in [0.2, 0.25) is 0 Å². The van der Waals surface area contributed by atoms with Gasteiger partial charge in [-0.2, -0.15) is 0 Å². The fourth-order valence-corrected chi connectivity index (χ4v) is 8.58. The van der Waals surface area contributed by atoms with E-state index in [-0.39, 0.29) is 18.9 Å². The highest BCUT2D eigenvalue weighted by Crippen LogP contribution is 2.54. The molecule has 0 radical (unpaired) electrons. The molecule has 0 spiro atoms. The van der Waals surface area contributed by atoms with E-state index in [0.717, 1.165) is 63.1 Å². The van der Waals surface area contributed by atoms with Crippen LogP contribution in [0.3, 0.4) is 0 Å². The van der Waals surface area contributed by atoms with Gasteiger partial charge in [-0.15, -0.1) is 0 Å². The number of H-pyrrole nitrogens is 1. The van der Waals surface area contributed by atoms with Crippen LogP contribution >= 0.6 is 22.6 Å². The number of nitrogens with two attached hydrogens (primary N) is 1. The zero-order valence-corrected chi connectivity index (χ0v) is 26.4. The number of para-hydroxylation sites is 1. The molecule has 4 fully saturated rings. The summed E-state index contributed by atoms with van der Waals surface area (Å²) in [6.07, 6.45) is 7.10. The van der Waals surface area contributed by atoms with Crippen LogP contribution in [0.15, 0.2) is 48.7 Å². The molecule has 0 unspecified atom stereocenters. The SMILES string of the molecule is C[C@](Cc1c[nH]c2ccccc12)(NC(=O)OC1C2CC3CC(C2)CC1C3)C(=O)N[C@H](CC(=O)O)Cc1ccc(N)c(I)c1. The van der Waals surface area contributed by atoms with Crippen molar-refractivity contribution in [1.29, 1.82) is 0 Å². The first-order valence-corrected chi connectivity index (χ1v) is 16.2. The molecule has 43 heavy (non-hydrogen) atoms. The molecule has 4 aliphatic carbocycles. The van der Waals surface area contributed by atoms with Crippen LogP contribution in [0, 0.1) is 27.2 Å². The minimum Gasteiger partial charge on any atom is -0.481 e. The average Bonchev–Trinajstić information content (AvgIpc) is 3.34. The van der Waals surface area contributed by atoms with Gasteiger partial charge in [0.2, 0.25) is 5.91 Å². The first-order chi connectivity index (χ1) is 20.6. The first-order valence-electron chi connectivity index (χ1n) is 15.2. The van der Waals surface area contributed by atoms with E-state index in [1.807, 2.05) is 42.6 Å². The highest BCUT2D eigenvalue weighted by molar-refractivity contribution is 14.1. The molecule has 4 aliphatic rings. The lowest BCUT2D eigenvalue weighted by molar-refractivity contribution is -0.138. The number of alkyl carbamates (subject to hydrolysis) is 1. The van der Waals surface area contributed by atoms with Gasteiger partial charge in [0.25, 0.3) is 0 Å². The molecule has 6 N–H and O–H groups in total. The standard InChI is InChI=1S/C33H39IN4O5/c1-33(16-23-17-36-28-5-3-2-4-25(23)28,38-32(42)43-30-21-9-19-8-20(11-21)12-22(30)10-19)31(41)37-24(15-29(39)40)13-18-6-7-27(35)26(34)14-18/h2-7,14,17,19-22,24,30,36H,8-13,15-16,35H2,1H3,(H,37,41)(H,38,42)(H,39,40)/t19?,20?,21?,22?,24-,30?,33+/m0/s1. The summed E-state index contributed by atoms with van der Waals surface area (Å²) in [4.78, 5) is 42.7. The lowest BCUT2D eigenvalue weighted by Crippen LogP contribution is -2.61. The summed E-state index contributed by atoms with van der Waals surface area (Å²) >= 11 is 2.13. The average molecular weight is 699 g/mol. The van der Waals surface area contributed by atoms with Crippen molar-refractivity contribution in [2.75, 3.05) is 5.73 Å². The van der Waals surface area contributed by atoms with Gasteiger partial charge in [-0.05, 0) is 121 Å². The Kier molecular flexibility index (Phi) is 8.32. The van der Waals surface area contributed by atoms with Gasteiger partial charge in [-0.1, -0.05) is 24.3 Å². The van der Waals surface area contributed by atoms with Crippen molar-refractivity contribution < 1.29 is 24.2 Å². The van der Waals surface area contributed by atoms with Gasteiger partial charge in [0.15, 0.2) is 0 Å². The highest BCUT2D eigenvalue weighted by Gasteiger charge is 2.50. The van der Waals surface area contributed by atoms with Crippen molar-refractivity contribution in [1.82, 2.24) is 15.6 Å². The Morgan fingerprint density at radius 2 is 1.79 bits per heavy atom. The number of nitrogens with one attached hydrogen (secondary N) is 3. The fourth-order valence-electron chi connectivity index (χ4n) is 8.00. The zero-order valence-electron chi connectivity index (χ0n) is 24.3. The van der Waals surface area contributed by atoms with Crippen LogP contribution in [-0.2, 0) is 27.2 Å². The number of aliphatic carboxylic acids is 1. The Morgan fingerprint density at radius 1 is 1.09 bits per heavy atom. The molecule has 3 aromatic rings. The number of hydrogen-bond acceptors (Lipinski definition) is 5. The number of carboxylic acids is 1. The second kappa shape index (κ2) is 12.0. The Hall–Kier alpha value is -3.28. The number of carbonyl (C=O) groups is 3. The second-order valence-electron chi connectivity index (χ2n) is 13.1. The summed E-state index contributed by atoms with van der Waals surface area (Å²) in [6.45, 7) is 1.69. The number of ether oxygens (including phenoxy) is 1. The van der Waals surface area contributed by atoms with Crippen LogP contribution in [0.5, 0.6) is 0 Å². The Morgan fingerprint density at radius 3 is 2.47 bits per heavy atom. The molecule has 2 atom stereocenters. The number of carboxylic acid groups (broad SMARTS) is 1. The monoisotopic (exact) mass is 698 g/mol. The molecule has 10 heteroatoms. The van der Waals surface area contributed by atoms with Crippen LogP contribution in [0.1, 0.15) is 56.6 Å². The molecule has 9 nitrogen and oxygen atoms in total. The predicted octanol–water partition coefficient (Wildman–Crippen LogP) is 5.41. The number of hydrogen-bond donors (Lipinski definition) is 5. The number of aromatic amines is 1. The number of aromatic nitrogens is 1. The quantitative estimate of drug-likeness (QED) is 0.142. The minimum absolute atomic E-state index is 0.124. The van der Waals surface area contributed by atoms with Gasteiger partial charge in [0.05, 0.1) is 6.42 Å². The number of halogens is 1. The lowest BCUT2D eigenvalue weighted by atomic mass is 9.55. The lowest BCUT2D eigenvalue weighted by Gasteiger charge is -2.53. The van der Waals surface area contributed by atoms with Crippen molar-refractivity contribution in [2.24, 2.45) is 23.7 Å². The number of anilines is 1. The maximum atomic E-state index is 14.1. The van der Waals surface area contributed by atoms with Crippen LogP contribution in [0.4, 0.5) is 10.5 Å². The van der Waals surface area contributed by atoms with Gasteiger partial charge >= 0.3 is 12.1 Å². The molecular formula is C33H39IN4O5. The summed E-state index contributed by atoms with van der Waals surface area (Å²) in [5, 5.41) is 16.5. The minimum atomic E-state index is -1.40. The molecule has 228 valence electrons. The first kappa shape index (κ1) is 29.8. The Balaban J connectivity index is 1.23. The maximum absolute atomic E-state index is 14.1.